The maximum absolute atomic E-state index is 10.1. The van der Waals surface area contributed by atoms with Crippen LogP contribution in [0.4, 0.5) is 34.1 Å². The second-order valence-electron chi connectivity index (χ2n) is 21.8. The SMILES string of the molecule is Cc1cc(N(c2ccc(CCCOC(O)C(C)C)cc2)c2ccc(-c3ccc(N(c4ccc(CCCOC(O)C(C)C)cc4)c4ccc(CCCOC(O)C(C)C)c(C)c4)cc3)cc2)ccc1CCCOC(O)C(C)C. The Kier molecular flexibility index (Phi) is 23.6. The van der Waals surface area contributed by atoms with Crippen LogP contribution in [0.1, 0.15) is 114 Å². The van der Waals surface area contributed by atoms with E-state index in [-0.39, 0.29) is 23.7 Å². The summed E-state index contributed by atoms with van der Waals surface area (Å²) in [7, 11) is 0. The van der Waals surface area contributed by atoms with Crippen LogP contribution in [0.3, 0.4) is 0 Å². The van der Waals surface area contributed by atoms with E-state index in [0.29, 0.717) is 26.4 Å². The molecule has 4 unspecified atom stereocenters. The van der Waals surface area contributed by atoms with Crippen LogP contribution < -0.4 is 9.80 Å². The molecule has 76 heavy (non-hydrogen) atoms. The van der Waals surface area contributed by atoms with Gasteiger partial charge in [-0.1, -0.05) is 116 Å². The predicted molar refractivity (Wildman–Crippen MR) is 311 cm³/mol. The molecular formula is C66H88N2O8. The molecule has 10 nitrogen and oxygen atoms in total. The Labute approximate surface area is 455 Å². The van der Waals surface area contributed by atoms with E-state index in [1.807, 2.05) is 55.4 Å². The molecular weight excluding hydrogens is 949 g/mol. The quantitative estimate of drug-likeness (QED) is 0.0247. The molecule has 0 aliphatic carbocycles. The van der Waals surface area contributed by atoms with Gasteiger partial charge < -0.3 is 49.2 Å². The van der Waals surface area contributed by atoms with Crippen molar-refractivity contribution in [3.8, 4) is 11.1 Å². The molecule has 0 aliphatic rings. The molecule has 0 saturated carbocycles. The average Bonchev–Trinajstić information content (AvgIpc) is 3.41. The summed E-state index contributed by atoms with van der Waals surface area (Å²) in [6.45, 7) is 22.0. The van der Waals surface area contributed by atoms with Crippen molar-refractivity contribution in [1.29, 1.82) is 0 Å². The fourth-order valence-electron chi connectivity index (χ4n) is 8.99. The van der Waals surface area contributed by atoms with E-state index in [2.05, 4.69) is 157 Å². The lowest BCUT2D eigenvalue weighted by Crippen LogP contribution is -2.19. The van der Waals surface area contributed by atoms with E-state index in [1.165, 1.54) is 33.4 Å². The maximum atomic E-state index is 10.1. The highest BCUT2D eigenvalue weighted by Crippen LogP contribution is 2.39. The summed E-state index contributed by atoms with van der Waals surface area (Å²) in [5.74, 6) is 0.237. The Morgan fingerprint density at radius 2 is 0.579 bits per heavy atom. The Balaban J connectivity index is 1.24. The summed E-state index contributed by atoms with van der Waals surface area (Å²) >= 11 is 0. The normalized spacial score (nSPS) is 13.4. The predicted octanol–water partition coefficient (Wildman–Crippen LogP) is 14.6. The van der Waals surface area contributed by atoms with Crippen LogP contribution in [0.5, 0.6) is 0 Å². The van der Waals surface area contributed by atoms with Crippen molar-refractivity contribution in [3.63, 3.8) is 0 Å². The number of aliphatic hydroxyl groups excluding tert-OH is 4. The number of nitrogens with zero attached hydrogens (tertiary/aromatic N) is 2. The van der Waals surface area contributed by atoms with Crippen molar-refractivity contribution in [1.82, 2.24) is 0 Å². The number of ether oxygens (including phenoxy) is 4. The van der Waals surface area contributed by atoms with Crippen molar-refractivity contribution in [2.45, 2.75) is 146 Å². The zero-order valence-corrected chi connectivity index (χ0v) is 47.1. The third kappa shape index (κ3) is 17.8. The summed E-state index contributed by atoms with van der Waals surface area (Å²) in [4.78, 5) is 4.62. The van der Waals surface area contributed by atoms with E-state index < -0.39 is 25.2 Å². The molecule has 0 amide bonds. The molecule has 4 atom stereocenters. The first-order chi connectivity index (χ1) is 36.5. The molecule has 0 bridgehead atoms. The smallest absolute Gasteiger partial charge is 0.156 e. The molecule has 0 spiro atoms. The molecule has 4 N–H and O–H groups in total. The first-order valence-electron chi connectivity index (χ1n) is 27.8. The van der Waals surface area contributed by atoms with Gasteiger partial charge in [-0.3, -0.25) is 0 Å². The summed E-state index contributed by atoms with van der Waals surface area (Å²) < 4.78 is 22.6. The van der Waals surface area contributed by atoms with Gasteiger partial charge in [-0.05, 0) is 183 Å². The second kappa shape index (κ2) is 29.9. The van der Waals surface area contributed by atoms with E-state index in [9.17, 15) is 20.4 Å². The van der Waals surface area contributed by atoms with Crippen LogP contribution in [-0.2, 0) is 44.6 Å². The molecule has 6 aromatic carbocycles. The fraction of sp³-hybridized carbons (Fsp3) is 0.455. The maximum Gasteiger partial charge on any atom is 0.156 e. The molecule has 410 valence electrons. The molecule has 6 aromatic rings. The Morgan fingerprint density at radius 3 is 0.842 bits per heavy atom. The molecule has 0 aromatic heterocycles. The van der Waals surface area contributed by atoms with E-state index in [0.717, 1.165) is 96.6 Å². The zero-order chi connectivity index (χ0) is 54.7. The van der Waals surface area contributed by atoms with Gasteiger partial charge in [0, 0.05) is 57.8 Å². The highest BCUT2D eigenvalue weighted by atomic mass is 16.6. The van der Waals surface area contributed by atoms with Gasteiger partial charge in [-0.25, -0.2) is 0 Å². The van der Waals surface area contributed by atoms with E-state index in [1.54, 1.807) is 0 Å². The van der Waals surface area contributed by atoms with Crippen LogP contribution in [0, 0.1) is 37.5 Å². The van der Waals surface area contributed by atoms with Crippen LogP contribution in [0.25, 0.3) is 11.1 Å². The van der Waals surface area contributed by atoms with Gasteiger partial charge in [0.2, 0.25) is 0 Å². The van der Waals surface area contributed by atoms with Gasteiger partial charge >= 0.3 is 0 Å². The standard InChI is InChI=1S/C66H88N2O8/c1-45(2)63(69)73-39-11-15-51-19-29-57(30-20-51)67(61-37-23-53(49(9)43-61)17-13-41-75-65(71)47(5)6)59-33-25-55(26-34-59)56-27-35-60(36-28-56)68(58-31-21-52(22-32-58)16-12-40-74-64(70)46(3)4)62-38-24-54(50(10)44-62)18-14-42-76-66(72)48(7)8/h19-38,43-48,63-66,69-72H,11-18,39-42H2,1-10H3. The van der Waals surface area contributed by atoms with Crippen LogP contribution in [-0.4, -0.2) is 72.0 Å². The van der Waals surface area contributed by atoms with Crippen LogP contribution in [0.15, 0.2) is 133 Å². The zero-order valence-electron chi connectivity index (χ0n) is 47.1. The fourth-order valence-corrected chi connectivity index (χ4v) is 8.99. The Morgan fingerprint density at radius 1 is 0.329 bits per heavy atom. The van der Waals surface area contributed by atoms with Gasteiger partial charge in [0.15, 0.2) is 25.2 Å². The molecule has 0 saturated heterocycles. The van der Waals surface area contributed by atoms with Crippen molar-refractivity contribution in [2.75, 3.05) is 36.2 Å². The number of aryl methyl sites for hydroxylation is 6. The second-order valence-corrected chi connectivity index (χ2v) is 21.8. The average molecular weight is 1040 g/mol. The lowest BCUT2D eigenvalue weighted by Gasteiger charge is -2.27. The number of aliphatic hydroxyl groups is 4. The molecule has 0 fully saturated rings. The Bertz CT molecular complexity index is 2430. The number of anilines is 6. The minimum absolute atomic E-state index is 0.0585. The minimum atomic E-state index is -0.748. The number of hydrogen-bond acceptors (Lipinski definition) is 10. The number of benzene rings is 6. The third-order valence-electron chi connectivity index (χ3n) is 14.0. The monoisotopic (exact) mass is 1040 g/mol. The lowest BCUT2D eigenvalue weighted by molar-refractivity contribution is -0.126. The summed E-state index contributed by atoms with van der Waals surface area (Å²) in [5, 5.41) is 40.5. The van der Waals surface area contributed by atoms with Crippen LogP contribution >= 0.6 is 0 Å². The van der Waals surface area contributed by atoms with Gasteiger partial charge in [-0.15, -0.1) is 0 Å². The van der Waals surface area contributed by atoms with Crippen molar-refractivity contribution in [2.24, 2.45) is 23.7 Å². The van der Waals surface area contributed by atoms with Gasteiger partial charge in [0.25, 0.3) is 0 Å². The first kappa shape index (κ1) is 59.8. The molecule has 6 rings (SSSR count). The molecule has 0 aliphatic heterocycles. The number of rotatable bonds is 31. The van der Waals surface area contributed by atoms with Gasteiger partial charge in [0.05, 0.1) is 26.4 Å². The molecule has 0 heterocycles. The van der Waals surface area contributed by atoms with Crippen molar-refractivity contribution < 1.29 is 39.4 Å². The first-order valence-corrected chi connectivity index (χ1v) is 27.8. The highest BCUT2D eigenvalue weighted by Gasteiger charge is 2.19. The van der Waals surface area contributed by atoms with E-state index in [4.69, 9.17) is 18.9 Å². The van der Waals surface area contributed by atoms with Gasteiger partial charge in [0.1, 0.15) is 0 Å². The Hall–Kier alpha value is -5.40. The minimum Gasteiger partial charge on any atom is -0.368 e. The number of hydrogen-bond donors (Lipinski definition) is 4. The molecule has 0 radical (unpaired) electrons. The van der Waals surface area contributed by atoms with Crippen molar-refractivity contribution >= 4 is 34.1 Å². The van der Waals surface area contributed by atoms with Gasteiger partial charge in [-0.2, -0.15) is 0 Å². The summed E-state index contributed by atoms with van der Waals surface area (Å²) in [5.41, 5.74) is 15.9. The van der Waals surface area contributed by atoms with Crippen LogP contribution in [0.2, 0.25) is 0 Å². The largest absolute Gasteiger partial charge is 0.368 e. The lowest BCUT2D eigenvalue weighted by atomic mass is 10.0. The highest BCUT2D eigenvalue weighted by molar-refractivity contribution is 5.81. The summed E-state index contributed by atoms with van der Waals surface area (Å²) in [6.07, 6.45) is 3.72. The molecule has 10 heteroatoms. The third-order valence-corrected chi connectivity index (χ3v) is 14.0. The van der Waals surface area contributed by atoms with Crippen molar-refractivity contribution in [3.05, 3.63) is 167 Å². The topological polar surface area (TPSA) is 124 Å². The summed E-state index contributed by atoms with van der Waals surface area (Å²) in [6, 6.07) is 48.5. The van der Waals surface area contributed by atoms with E-state index >= 15 is 0 Å².